The molecule has 2 heterocycles. The number of aryl methyl sites for hydroxylation is 1. The highest BCUT2D eigenvalue weighted by atomic mass is 32.2. The zero-order chi connectivity index (χ0) is 13.5. The van der Waals surface area contributed by atoms with Gasteiger partial charge in [0.1, 0.15) is 11.4 Å². The van der Waals surface area contributed by atoms with Gasteiger partial charge in [0, 0.05) is 33.4 Å². The lowest BCUT2D eigenvalue weighted by Crippen LogP contribution is -2.19. The first kappa shape index (κ1) is 14.0. The lowest BCUT2D eigenvalue weighted by Gasteiger charge is -2.08. The third kappa shape index (κ3) is 4.02. The monoisotopic (exact) mass is 279 g/mol. The van der Waals surface area contributed by atoms with Gasteiger partial charge in [-0.15, -0.1) is 0 Å². The molecule has 2 aromatic heterocycles. The highest BCUT2D eigenvalue weighted by Crippen LogP contribution is 2.26. The van der Waals surface area contributed by atoms with E-state index in [1.807, 2.05) is 13.1 Å². The van der Waals surface area contributed by atoms with Crippen LogP contribution >= 0.6 is 11.8 Å². The average Bonchev–Trinajstić information content (AvgIpc) is 2.82. The van der Waals surface area contributed by atoms with Crippen molar-refractivity contribution >= 4 is 11.8 Å². The summed E-state index contributed by atoms with van der Waals surface area (Å²) in [6.07, 6.45) is 3.33. The Bertz CT molecular complexity index is 516. The molecule has 6 nitrogen and oxygen atoms in total. The Labute approximate surface area is 116 Å². The zero-order valence-corrected chi connectivity index (χ0v) is 11.9. The Kier molecular flexibility index (Phi) is 5.31. The molecule has 7 heteroatoms. The van der Waals surface area contributed by atoms with Crippen LogP contribution in [0.3, 0.4) is 0 Å². The molecule has 1 N–H and O–H groups in total. The molecule has 0 saturated carbocycles. The van der Waals surface area contributed by atoms with Crippen molar-refractivity contribution in [3.63, 3.8) is 0 Å². The maximum Gasteiger partial charge on any atom is 0.192 e. The maximum absolute atomic E-state index is 5.01. The Morgan fingerprint density at radius 1 is 1.42 bits per heavy atom. The van der Waals surface area contributed by atoms with Crippen molar-refractivity contribution in [2.45, 2.75) is 16.7 Å². The van der Waals surface area contributed by atoms with Crippen molar-refractivity contribution in [1.82, 2.24) is 25.1 Å². The fraction of sp³-hybridized carbons (Fsp3) is 0.417. The van der Waals surface area contributed by atoms with Crippen LogP contribution in [0.4, 0.5) is 0 Å². The molecule has 0 amide bonds. The first-order chi connectivity index (χ1) is 9.31. The summed E-state index contributed by atoms with van der Waals surface area (Å²) in [4.78, 5) is 8.60. The van der Waals surface area contributed by atoms with Gasteiger partial charge in [-0.3, -0.25) is 0 Å². The molecule has 0 aliphatic rings. The van der Waals surface area contributed by atoms with E-state index in [1.54, 1.807) is 24.3 Å². The lowest BCUT2D eigenvalue weighted by molar-refractivity contribution is 0.199. The van der Waals surface area contributed by atoms with Gasteiger partial charge < -0.3 is 10.1 Å². The van der Waals surface area contributed by atoms with Crippen LogP contribution in [0.2, 0.25) is 0 Å². The van der Waals surface area contributed by atoms with Crippen LogP contribution in [0.15, 0.2) is 34.8 Å². The lowest BCUT2D eigenvalue weighted by atomic mass is 10.3. The molecule has 2 aromatic rings. The van der Waals surface area contributed by atoms with Crippen LogP contribution in [-0.2, 0) is 18.3 Å². The number of hydrogen-bond acceptors (Lipinski definition) is 6. The van der Waals surface area contributed by atoms with Crippen LogP contribution in [0.5, 0.6) is 0 Å². The molecule has 0 unspecified atom stereocenters. The summed E-state index contributed by atoms with van der Waals surface area (Å²) in [6, 6.07) is 4.00. The Balaban J connectivity index is 2.02. The highest BCUT2D eigenvalue weighted by Gasteiger charge is 2.09. The molecule has 2 rings (SSSR count). The van der Waals surface area contributed by atoms with Gasteiger partial charge in [0.25, 0.3) is 0 Å². The van der Waals surface area contributed by atoms with Crippen LogP contribution in [0.1, 0.15) is 5.56 Å². The number of aromatic nitrogens is 4. The van der Waals surface area contributed by atoms with Crippen molar-refractivity contribution in [2.24, 2.45) is 7.05 Å². The molecule has 102 valence electrons. The molecule has 0 fully saturated rings. The number of methoxy groups -OCH3 is 1. The van der Waals surface area contributed by atoms with Gasteiger partial charge in [-0.25, -0.2) is 14.6 Å². The molecule has 19 heavy (non-hydrogen) atoms. The smallest absolute Gasteiger partial charge is 0.192 e. The van der Waals surface area contributed by atoms with E-state index >= 15 is 0 Å². The number of nitrogens with zero attached hydrogens (tertiary/aromatic N) is 4. The van der Waals surface area contributed by atoms with Crippen molar-refractivity contribution < 1.29 is 4.74 Å². The van der Waals surface area contributed by atoms with Crippen molar-refractivity contribution in [3.05, 3.63) is 30.2 Å². The molecule has 0 spiro atoms. The summed E-state index contributed by atoms with van der Waals surface area (Å²) >= 11 is 1.52. The molecule has 0 saturated heterocycles. The van der Waals surface area contributed by atoms with E-state index in [-0.39, 0.29) is 0 Å². The number of nitrogens with one attached hydrogen (secondary N) is 1. The number of hydrogen-bond donors (Lipinski definition) is 1. The first-order valence-corrected chi connectivity index (χ1v) is 6.78. The second-order valence-electron chi connectivity index (χ2n) is 3.91. The summed E-state index contributed by atoms with van der Waals surface area (Å²) in [5.74, 6) is 0. The van der Waals surface area contributed by atoms with Gasteiger partial charge in [0.05, 0.1) is 6.61 Å². The Morgan fingerprint density at radius 2 is 2.32 bits per heavy atom. The Morgan fingerprint density at radius 3 is 3.05 bits per heavy atom. The molecule has 0 aromatic carbocycles. The van der Waals surface area contributed by atoms with E-state index in [0.717, 1.165) is 28.8 Å². The van der Waals surface area contributed by atoms with E-state index in [4.69, 9.17) is 4.74 Å². The maximum atomic E-state index is 5.01. The quantitative estimate of drug-likeness (QED) is 0.766. The molecule has 0 aliphatic heterocycles. The summed E-state index contributed by atoms with van der Waals surface area (Å²) in [7, 11) is 3.57. The predicted octanol–water partition coefficient (Wildman–Crippen LogP) is 1.10. The number of pyridine rings is 1. The van der Waals surface area contributed by atoms with Crippen molar-refractivity contribution in [1.29, 1.82) is 0 Å². The van der Waals surface area contributed by atoms with E-state index < -0.39 is 0 Å². The van der Waals surface area contributed by atoms with Crippen LogP contribution < -0.4 is 5.32 Å². The fourth-order valence-corrected chi connectivity index (χ4v) is 2.35. The van der Waals surface area contributed by atoms with Gasteiger partial charge in [-0.2, -0.15) is 5.10 Å². The molecular formula is C12H17N5OS. The van der Waals surface area contributed by atoms with Crippen molar-refractivity contribution in [3.8, 4) is 0 Å². The fourth-order valence-electron chi connectivity index (χ4n) is 1.51. The Hall–Kier alpha value is -1.44. The zero-order valence-electron chi connectivity index (χ0n) is 11.0. The summed E-state index contributed by atoms with van der Waals surface area (Å²) < 4.78 is 6.74. The van der Waals surface area contributed by atoms with Gasteiger partial charge in [-0.1, -0.05) is 6.07 Å². The first-order valence-electron chi connectivity index (χ1n) is 5.96. The third-order valence-corrected chi connectivity index (χ3v) is 3.62. The molecular weight excluding hydrogens is 262 g/mol. The number of rotatable bonds is 7. The van der Waals surface area contributed by atoms with Crippen molar-refractivity contribution in [2.75, 3.05) is 20.3 Å². The molecule has 0 radical (unpaired) electrons. The highest BCUT2D eigenvalue weighted by molar-refractivity contribution is 7.99. The average molecular weight is 279 g/mol. The molecule has 0 aliphatic carbocycles. The molecule has 0 atom stereocenters. The van der Waals surface area contributed by atoms with Crippen LogP contribution in [-0.4, -0.2) is 40.0 Å². The standard InChI is InChI=1S/C12H17N5OS/c1-17-12(15-9-16-17)19-11-10(4-3-5-14-11)8-13-6-7-18-2/h3-5,9,13H,6-8H2,1-2H3. The predicted molar refractivity (Wildman–Crippen MR) is 72.9 cm³/mol. The second-order valence-corrected chi connectivity index (χ2v) is 4.86. The molecule has 0 bridgehead atoms. The van der Waals surface area contributed by atoms with E-state index in [0.29, 0.717) is 6.61 Å². The summed E-state index contributed by atoms with van der Waals surface area (Å²) in [5.41, 5.74) is 1.15. The van der Waals surface area contributed by atoms with Gasteiger partial charge in [0.15, 0.2) is 5.16 Å². The number of ether oxygens (including phenoxy) is 1. The topological polar surface area (TPSA) is 64.9 Å². The van der Waals surface area contributed by atoms with Crippen LogP contribution in [0.25, 0.3) is 0 Å². The van der Waals surface area contributed by atoms with Gasteiger partial charge in [-0.05, 0) is 23.4 Å². The van der Waals surface area contributed by atoms with Gasteiger partial charge >= 0.3 is 0 Å². The largest absolute Gasteiger partial charge is 0.383 e. The third-order valence-electron chi connectivity index (χ3n) is 2.51. The van der Waals surface area contributed by atoms with E-state index in [9.17, 15) is 0 Å². The van der Waals surface area contributed by atoms with Gasteiger partial charge in [0.2, 0.25) is 0 Å². The summed E-state index contributed by atoms with van der Waals surface area (Å²) in [6.45, 7) is 2.28. The van der Waals surface area contributed by atoms with E-state index in [2.05, 4.69) is 26.4 Å². The van der Waals surface area contributed by atoms with Crippen LogP contribution in [0, 0.1) is 0 Å². The minimum Gasteiger partial charge on any atom is -0.383 e. The minimum absolute atomic E-state index is 0.700. The summed E-state index contributed by atoms with van der Waals surface area (Å²) in [5, 5.41) is 9.15. The van der Waals surface area contributed by atoms with E-state index in [1.165, 1.54) is 11.8 Å². The second kappa shape index (κ2) is 7.22. The SMILES string of the molecule is COCCNCc1cccnc1Sc1ncnn1C. The normalized spacial score (nSPS) is 10.8. The minimum atomic E-state index is 0.700.